The van der Waals surface area contributed by atoms with Crippen LogP contribution < -0.4 is 5.32 Å². The van der Waals surface area contributed by atoms with Crippen LogP contribution in [0.1, 0.15) is 6.42 Å². The summed E-state index contributed by atoms with van der Waals surface area (Å²) in [6.45, 7) is 0.331. The van der Waals surface area contributed by atoms with Crippen LogP contribution in [0.5, 0.6) is 0 Å². The molecule has 1 rings (SSSR count). The fourth-order valence-corrected chi connectivity index (χ4v) is 2.20. The normalized spacial score (nSPS) is 27.9. The van der Waals surface area contributed by atoms with Gasteiger partial charge in [0.25, 0.3) is 0 Å². The molecule has 0 saturated carbocycles. The summed E-state index contributed by atoms with van der Waals surface area (Å²) in [5, 5.41) is 11.0. The smallest absolute Gasteiger partial charge is 0.397 e. The maximum absolute atomic E-state index is 11.8. The van der Waals surface area contributed by atoms with Crippen LogP contribution in [0.4, 0.5) is 13.2 Å². The zero-order valence-electron chi connectivity index (χ0n) is 7.17. The molecule has 1 aliphatic rings. The molecule has 2 atom stereocenters. The van der Waals surface area contributed by atoms with E-state index in [1.54, 1.807) is 0 Å². The number of alkyl halides is 3. The molecule has 1 saturated heterocycles. The van der Waals surface area contributed by atoms with E-state index in [0.29, 0.717) is 6.54 Å². The number of carboxylic acid groups (broad SMARTS) is 1. The standard InChI is InChI=1S/C7H10F3NO2S/c8-7(9,10)3-14-4-1-5(6(12)13)11-2-4/h4-5,11H,1-3H2,(H,12,13). The highest BCUT2D eigenvalue weighted by Gasteiger charge is 2.33. The fraction of sp³-hybridized carbons (Fsp3) is 0.857. The Morgan fingerprint density at radius 1 is 1.57 bits per heavy atom. The van der Waals surface area contributed by atoms with Crippen molar-refractivity contribution in [2.24, 2.45) is 0 Å². The quantitative estimate of drug-likeness (QED) is 0.760. The molecule has 0 aromatic heterocycles. The maximum Gasteiger partial charge on any atom is 0.397 e. The van der Waals surface area contributed by atoms with Crippen molar-refractivity contribution in [2.75, 3.05) is 12.3 Å². The first-order valence-corrected chi connectivity index (χ1v) is 5.08. The average Bonchev–Trinajstić information content (AvgIpc) is 2.47. The van der Waals surface area contributed by atoms with E-state index in [2.05, 4.69) is 5.32 Å². The van der Waals surface area contributed by atoms with Gasteiger partial charge in [0.1, 0.15) is 6.04 Å². The minimum Gasteiger partial charge on any atom is -0.480 e. The number of carboxylic acids is 1. The first kappa shape index (κ1) is 11.6. The topological polar surface area (TPSA) is 49.3 Å². The molecule has 0 bridgehead atoms. The molecule has 1 heterocycles. The van der Waals surface area contributed by atoms with Crippen molar-refractivity contribution in [3.8, 4) is 0 Å². The van der Waals surface area contributed by atoms with Crippen molar-refractivity contribution in [1.29, 1.82) is 0 Å². The zero-order chi connectivity index (χ0) is 10.8. The number of thioether (sulfide) groups is 1. The summed E-state index contributed by atoms with van der Waals surface area (Å²) in [7, 11) is 0. The molecular weight excluding hydrogens is 219 g/mol. The van der Waals surface area contributed by atoms with Crippen LogP contribution in [0.3, 0.4) is 0 Å². The predicted molar refractivity (Wildman–Crippen MR) is 46.3 cm³/mol. The Bertz CT molecular complexity index is 221. The van der Waals surface area contributed by atoms with Crippen LogP contribution in [-0.2, 0) is 4.79 Å². The van der Waals surface area contributed by atoms with Gasteiger partial charge in [0.15, 0.2) is 0 Å². The second-order valence-electron chi connectivity index (χ2n) is 3.08. The molecule has 0 aromatic rings. The van der Waals surface area contributed by atoms with Crippen molar-refractivity contribution < 1.29 is 23.1 Å². The van der Waals surface area contributed by atoms with Crippen LogP contribution in [0.15, 0.2) is 0 Å². The number of hydrogen-bond acceptors (Lipinski definition) is 3. The molecule has 0 aromatic carbocycles. The lowest BCUT2D eigenvalue weighted by Crippen LogP contribution is -2.29. The monoisotopic (exact) mass is 229 g/mol. The van der Waals surface area contributed by atoms with Crippen molar-refractivity contribution in [3.05, 3.63) is 0 Å². The molecule has 2 unspecified atom stereocenters. The summed E-state index contributed by atoms with van der Waals surface area (Å²) in [6.07, 6.45) is -3.91. The molecule has 0 spiro atoms. The number of hydrogen-bond donors (Lipinski definition) is 2. The molecule has 0 aliphatic carbocycles. The van der Waals surface area contributed by atoms with E-state index in [4.69, 9.17) is 5.11 Å². The third kappa shape index (κ3) is 3.75. The molecule has 3 nitrogen and oxygen atoms in total. The minimum absolute atomic E-state index is 0.252. The molecule has 7 heteroatoms. The van der Waals surface area contributed by atoms with E-state index in [-0.39, 0.29) is 11.7 Å². The Balaban J connectivity index is 2.26. The second kappa shape index (κ2) is 4.39. The van der Waals surface area contributed by atoms with Gasteiger partial charge in [-0.05, 0) is 6.42 Å². The van der Waals surface area contributed by atoms with Crippen molar-refractivity contribution in [1.82, 2.24) is 5.32 Å². The molecule has 0 amide bonds. The van der Waals surface area contributed by atoms with Gasteiger partial charge in [-0.15, -0.1) is 11.8 Å². The highest BCUT2D eigenvalue weighted by atomic mass is 32.2. The third-order valence-corrected chi connectivity index (χ3v) is 3.20. The Hall–Kier alpha value is -0.430. The van der Waals surface area contributed by atoms with E-state index in [1.165, 1.54) is 0 Å². The molecule has 14 heavy (non-hydrogen) atoms. The van der Waals surface area contributed by atoms with Gasteiger partial charge >= 0.3 is 12.1 Å². The largest absolute Gasteiger partial charge is 0.480 e. The summed E-state index contributed by atoms with van der Waals surface area (Å²) in [5.74, 6) is -1.91. The van der Waals surface area contributed by atoms with Gasteiger partial charge in [-0.1, -0.05) is 0 Å². The lowest BCUT2D eigenvalue weighted by molar-refractivity contribution is -0.139. The summed E-state index contributed by atoms with van der Waals surface area (Å²) in [5.41, 5.74) is 0. The third-order valence-electron chi connectivity index (χ3n) is 1.87. The van der Waals surface area contributed by atoms with E-state index >= 15 is 0 Å². The van der Waals surface area contributed by atoms with Crippen LogP contribution in [0, 0.1) is 0 Å². The van der Waals surface area contributed by atoms with Gasteiger partial charge in [0, 0.05) is 11.8 Å². The van der Waals surface area contributed by atoms with E-state index in [0.717, 1.165) is 11.8 Å². The predicted octanol–water partition coefficient (Wildman–Crippen LogP) is 1.10. The van der Waals surface area contributed by atoms with Crippen molar-refractivity contribution >= 4 is 17.7 Å². The van der Waals surface area contributed by atoms with E-state index in [9.17, 15) is 18.0 Å². The minimum atomic E-state index is -4.17. The highest BCUT2D eigenvalue weighted by molar-refractivity contribution is 8.00. The Morgan fingerprint density at radius 3 is 2.64 bits per heavy atom. The molecule has 0 radical (unpaired) electrons. The number of halogens is 3. The van der Waals surface area contributed by atoms with Gasteiger partial charge < -0.3 is 10.4 Å². The van der Waals surface area contributed by atoms with Crippen molar-refractivity contribution in [2.45, 2.75) is 23.9 Å². The van der Waals surface area contributed by atoms with Gasteiger partial charge in [0.2, 0.25) is 0 Å². The summed E-state index contributed by atoms with van der Waals surface area (Å²) >= 11 is 0.761. The van der Waals surface area contributed by atoms with Crippen LogP contribution in [0.25, 0.3) is 0 Å². The summed E-state index contributed by atoms with van der Waals surface area (Å²) in [4.78, 5) is 10.5. The first-order chi connectivity index (χ1) is 6.38. The first-order valence-electron chi connectivity index (χ1n) is 4.03. The molecular formula is C7H10F3NO2S. The van der Waals surface area contributed by atoms with Gasteiger partial charge in [0.05, 0.1) is 5.75 Å². The van der Waals surface area contributed by atoms with Crippen molar-refractivity contribution in [3.63, 3.8) is 0 Å². The lowest BCUT2D eigenvalue weighted by atomic mass is 10.2. The van der Waals surface area contributed by atoms with Gasteiger partial charge in [-0.25, -0.2) is 0 Å². The van der Waals surface area contributed by atoms with E-state index in [1.807, 2.05) is 0 Å². The number of carbonyl (C=O) groups is 1. The SMILES string of the molecule is O=C(O)C1CC(SCC(F)(F)F)CN1. The average molecular weight is 229 g/mol. The number of aliphatic carboxylic acids is 1. The zero-order valence-corrected chi connectivity index (χ0v) is 7.99. The second-order valence-corrected chi connectivity index (χ2v) is 4.37. The van der Waals surface area contributed by atoms with Crippen LogP contribution >= 0.6 is 11.8 Å². The molecule has 2 N–H and O–H groups in total. The molecule has 1 aliphatic heterocycles. The van der Waals surface area contributed by atoms with E-state index < -0.39 is 23.9 Å². The fourth-order valence-electron chi connectivity index (χ4n) is 1.23. The number of rotatable bonds is 3. The van der Waals surface area contributed by atoms with Gasteiger partial charge in [-0.2, -0.15) is 13.2 Å². The maximum atomic E-state index is 11.8. The van der Waals surface area contributed by atoms with Crippen LogP contribution in [-0.4, -0.2) is 40.8 Å². The number of nitrogens with one attached hydrogen (secondary N) is 1. The summed E-state index contributed by atoms with van der Waals surface area (Å²) < 4.78 is 35.4. The van der Waals surface area contributed by atoms with Gasteiger partial charge in [-0.3, -0.25) is 4.79 Å². The highest BCUT2D eigenvalue weighted by Crippen LogP contribution is 2.28. The van der Waals surface area contributed by atoms with Crippen LogP contribution in [0.2, 0.25) is 0 Å². The molecule has 1 fully saturated rings. The Labute approximate surface area is 83.0 Å². The lowest BCUT2D eigenvalue weighted by Gasteiger charge is -2.10. The Kier molecular flexibility index (Phi) is 3.65. The summed E-state index contributed by atoms with van der Waals surface area (Å²) in [6, 6.07) is -0.694. The molecule has 82 valence electrons. The Morgan fingerprint density at radius 2 is 2.21 bits per heavy atom.